The molecule has 3 saturated carbocycles. The first-order valence-electron chi connectivity index (χ1n) is 17.0. The molecule has 2 bridgehead atoms. The van der Waals surface area contributed by atoms with Crippen LogP contribution in [0.1, 0.15) is 73.1 Å². The van der Waals surface area contributed by atoms with Crippen molar-refractivity contribution in [1.82, 2.24) is 21.3 Å². The number of carbonyl (C=O) groups is 2. The Labute approximate surface area is 279 Å². The number of fused-ring (bicyclic) bond motifs is 1. The summed E-state index contributed by atoms with van der Waals surface area (Å²) in [7, 11) is 1.16. The highest BCUT2D eigenvalue weighted by Crippen LogP contribution is 2.65. The van der Waals surface area contributed by atoms with E-state index in [9.17, 15) is 9.59 Å². The SMILES string of the molecule is CNC(=N)NCCC[C@H](NC(=O)CCSc1ccc2ccccc2c1)C(=O)N[C@@H](CC(C)C)B1O[C@@H]2C[C@@H]3C[C@@H](C3(C)C)[C@]2(C)O1. The lowest BCUT2D eigenvalue weighted by molar-refractivity contribution is -0.199. The van der Waals surface area contributed by atoms with Gasteiger partial charge in [-0.15, -0.1) is 11.8 Å². The molecule has 4 fully saturated rings. The third kappa shape index (κ3) is 7.68. The smallest absolute Gasteiger partial charge is 0.404 e. The van der Waals surface area contributed by atoms with Crippen LogP contribution in [0.4, 0.5) is 0 Å². The quantitative estimate of drug-likeness (QED) is 0.0632. The molecule has 1 heterocycles. The van der Waals surface area contributed by atoms with E-state index in [-0.39, 0.29) is 40.8 Å². The normalized spacial score (nSPS) is 25.7. The van der Waals surface area contributed by atoms with Crippen LogP contribution in [0.2, 0.25) is 0 Å². The molecule has 9 nitrogen and oxygen atoms in total. The first-order valence-corrected chi connectivity index (χ1v) is 17.9. The third-order valence-electron chi connectivity index (χ3n) is 10.5. The standard InChI is InChI=1S/C35H52BN5O4S/c1-22(2)18-30(36-44-29-21-25-20-28(34(25,3)4)35(29,5)45-36)41-32(43)27(12-9-16-39-33(37)38-6)40-31(42)15-17-46-26-14-13-23-10-7-8-11-24(23)19-26/h7-8,10-11,13-14,19,22,25,27-30H,9,12,15-18,20-21H2,1-6H3,(H,40,42)(H,41,43)(H3,37,38,39)/t25-,27-,28-,29+,30-,35-/m0/s1. The Kier molecular flexibility index (Phi) is 10.9. The zero-order valence-corrected chi connectivity index (χ0v) is 29.1. The number of hydrogen-bond donors (Lipinski definition) is 5. The second-order valence-corrected chi connectivity index (χ2v) is 15.7. The average Bonchev–Trinajstić information content (AvgIpc) is 3.39. The fourth-order valence-corrected chi connectivity index (χ4v) is 8.66. The third-order valence-corrected chi connectivity index (χ3v) is 11.5. The number of thioether (sulfide) groups is 1. The zero-order chi connectivity index (χ0) is 33.1. The van der Waals surface area contributed by atoms with Crippen LogP contribution in [0.5, 0.6) is 0 Å². The molecule has 6 atom stereocenters. The molecule has 1 aliphatic heterocycles. The van der Waals surface area contributed by atoms with Gasteiger partial charge in [-0.1, -0.05) is 58.0 Å². The molecule has 4 aliphatic rings. The summed E-state index contributed by atoms with van der Waals surface area (Å²) in [4.78, 5) is 28.2. The van der Waals surface area contributed by atoms with E-state index >= 15 is 0 Å². The minimum atomic E-state index is -0.704. The van der Waals surface area contributed by atoms with Crippen LogP contribution in [0, 0.1) is 28.6 Å². The molecule has 2 amide bonds. The van der Waals surface area contributed by atoms with Gasteiger partial charge in [0, 0.05) is 30.7 Å². The summed E-state index contributed by atoms with van der Waals surface area (Å²) in [5.41, 5.74) is -0.122. The second kappa shape index (κ2) is 14.6. The molecule has 2 aromatic carbocycles. The molecule has 3 aliphatic carbocycles. The van der Waals surface area contributed by atoms with E-state index in [1.807, 2.05) is 12.1 Å². The van der Waals surface area contributed by atoms with E-state index in [1.54, 1.807) is 18.8 Å². The lowest BCUT2D eigenvalue weighted by Crippen LogP contribution is -2.65. The lowest BCUT2D eigenvalue weighted by Gasteiger charge is -2.64. The number of hydrogen-bond acceptors (Lipinski definition) is 6. The molecule has 5 N–H and O–H groups in total. The van der Waals surface area contributed by atoms with Crippen molar-refractivity contribution in [2.45, 2.75) is 102 Å². The van der Waals surface area contributed by atoms with Crippen LogP contribution < -0.4 is 21.3 Å². The van der Waals surface area contributed by atoms with E-state index < -0.39 is 13.2 Å². The fraction of sp³-hybridized carbons (Fsp3) is 0.629. The first-order chi connectivity index (χ1) is 21.9. The van der Waals surface area contributed by atoms with E-state index in [1.165, 1.54) is 17.2 Å². The first kappa shape index (κ1) is 34.6. The van der Waals surface area contributed by atoms with E-state index in [0.717, 1.165) is 11.3 Å². The molecule has 250 valence electrons. The highest BCUT2D eigenvalue weighted by molar-refractivity contribution is 7.99. The Morgan fingerprint density at radius 2 is 1.85 bits per heavy atom. The molecule has 0 radical (unpaired) electrons. The molecular formula is C35H52BN5O4S. The molecular weight excluding hydrogens is 597 g/mol. The van der Waals surface area contributed by atoms with Crippen molar-refractivity contribution in [3.05, 3.63) is 42.5 Å². The van der Waals surface area contributed by atoms with Crippen LogP contribution in [0.25, 0.3) is 10.8 Å². The predicted molar refractivity (Wildman–Crippen MR) is 187 cm³/mol. The lowest BCUT2D eigenvalue weighted by atomic mass is 9.43. The van der Waals surface area contributed by atoms with Gasteiger partial charge in [-0.25, -0.2) is 0 Å². The van der Waals surface area contributed by atoms with Crippen LogP contribution >= 0.6 is 11.8 Å². The number of guanidine groups is 1. The van der Waals surface area contributed by atoms with Gasteiger partial charge in [-0.3, -0.25) is 15.0 Å². The summed E-state index contributed by atoms with van der Waals surface area (Å²) in [6.45, 7) is 11.7. The Morgan fingerprint density at radius 3 is 2.57 bits per heavy atom. The fourth-order valence-electron chi connectivity index (χ4n) is 7.76. The van der Waals surface area contributed by atoms with Crippen LogP contribution in [-0.4, -0.2) is 67.9 Å². The highest BCUT2D eigenvalue weighted by Gasteiger charge is 2.68. The van der Waals surface area contributed by atoms with Gasteiger partial charge in [0.2, 0.25) is 11.8 Å². The Bertz CT molecular complexity index is 1410. The molecule has 46 heavy (non-hydrogen) atoms. The summed E-state index contributed by atoms with van der Waals surface area (Å²) in [5.74, 6) is 1.53. The number of rotatable bonds is 14. The van der Waals surface area contributed by atoms with E-state index in [4.69, 9.17) is 14.7 Å². The zero-order valence-electron chi connectivity index (χ0n) is 28.3. The molecule has 11 heteroatoms. The van der Waals surface area contributed by atoms with Gasteiger partial charge >= 0.3 is 7.12 Å². The topological polar surface area (TPSA) is 125 Å². The van der Waals surface area contributed by atoms with Gasteiger partial charge in [-0.05, 0) is 85.1 Å². The number of nitrogens with one attached hydrogen (secondary N) is 5. The largest absolute Gasteiger partial charge is 0.481 e. The van der Waals surface area contributed by atoms with Gasteiger partial charge in [-0.2, -0.15) is 0 Å². The number of amides is 2. The van der Waals surface area contributed by atoms with Crippen molar-refractivity contribution in [3.8, 4) is 0 Å². The second-order valence-electron chi connectivity index (χ2n) is 14.5. The van der Waals surface area contributed by atoms with Crippen molar-refractivity contribution in [2.24, 2.45) is 23.2 Å². The molecule has 0 aromatic heterocycles. The van der Waals surface area contributed by atoms with Crippen molar-refractivity contribution in [1.29, 1.82) is 5.41 Å². The maximum atomic E-state index is 13.9. The minimum Gasteiger partial charge on any atom is -0.404 e. The van der Waals surface area contributed by atoms with Crippen molar-refractivity contribution in [2.75, 3.05) is 19.3 Å². The van der Waals surface area contributed by atoms with Gasteiger partial charge in [0.05, 0.1) is 17.6 Å². The Balaban J connectivity index is 1.21. The molecule has 2 aromatic rings. The highest BCUT2D eigenvalue weighted by atomic mass is 32.2. The summed E-state index contributed by atoms with van der Waals surface area (Å²) < 4.78 is 13.3. The number of benzene rings is 2. The predicted octanol–water partition coefficient (Wildman–Crippen LogP) is 5.13. The Morgan fingerprint density at radius 1 is 1.09 bits per heavy atom. The average molecular weight is 650 g/mol. The van der Waals surface area contributed by atoms with Gasteiger partial charge in [0.15, 0.2) is 5.96 Å². The van der Waals surface area contributed by atoms with Gasteiger partial charge in [0.25, 0.3) is 0 Å². The summed E-state index contributed by atoms with van der Waals surface area (Å²) in [5, 5.41) is 22.2. The number of carbonyl (C=O) groups excluding carboxylic acids is 2. The van der Waals surface area contributed by atoms with Crippen LogP contribution in [0.15, 0.2) is 47.4 Å². The van der Waals surface area contributed by atoms with Crippen LogP contribution in [-0.2, 0) is 18.9 Å². The van der Waals surface area contributed by atoms with Gasteiger partial charge in [0.1, 0.15) is 6.04 Å². The molecule has 0 unspecified atom stereocenters. The summed E-state index contributed by atoms with van der Waals surface area (Å²) in [6.07, 6.45) is 4.25. The maximum Gasteiger partial charge on any atom is 0.481 e. The van der Waals surface area contributed by atoms with E-state index in [0.29, 0.717) is 55.7 Å². The summed E-state index contributed by atoms with van der Waals surface area (Å²) in [6, 6.07) is 13.9. The van der Waals surface area contributed by atoms with Gasteiger partial charge < -0.3 is 30.6 Å². The van der Waals surface area contributed by atoms with Crippen molar-refractivity contribution < 1.29 is 18.9 Å². The molecule has 0 spiro atoms. The van der Waals surface area contributed by atoms with E-state index in [2.05, 4.69) is 86.2 Å². The minimum absolute atomic E-state index is 0.0324. The van der Waals surface area contributed by atoms with Crippen LogP contribution in [0.3, 0.4) is 0 Å². The van der Waals surface area contributed by atoms with Crippen molar-refractivity contribution in [3.63, 3.8) is 0 Å². The monoisotopic (exact) mass is 649 g/mol. The molecule has 1 saturated heterocycles. The summed E-state index contributed by atoms with van der Waals surface area (Å²) >= 11 is 1.64. The molecule has 6 rings (SSSR count). The Hall–Kier alpha value is -2.76. The van der Waals surface area contributed by atoms with Crippen molar-refractivity contribution >= 4 is 47.4 Å². The maximum absolute atomic E-state index is 13.9.